The number of hydrogen-bond donors (Lipinski definition) is 2. The third-order valence-electron chi connectivity index (χ3n) is 4.11. The van der Waals surface area contributed by atoms with Gasteiger partial charge in [0.2, 0.25) is 0 Å². The predicted molar refractivity (Wildman–Crippen MR) is 90.2 cm³/mol. The van der Waals surface area contributed by atoms with Crippen LogP contribution in [0.15, 0.2) is 24.3 Å². The maximum atomic E-state index is 5.67. The summed E-state index contributed by atoms with van der Waals surface area (Å²) in [5.41, 5.74) is 1.17. The van der Waals surface area contributed by atoms with Gasteiger partial charge in [0.25, 0.3) is 0 Å². The van der Waals surface area contributed by atoms with Gasteiger partial charge in [0.1, 0.15) is 5.75 Å². The average molecular weight is 290 g/mol. The molecule has 1 aliphatic carbocycles. The van der Waals surface area contributed by atoms with Crippen molar-refractivity contribution < 1.29 is 4.74 Å². The Morgan fingerprint density at radius 3 is 2.52 bits per heavy atom. The third-order valence-corrected chi connectivity index (χ3v) is 4.11. The highest BCUT2D eigenvalue weighted by Gasteiger charge is 2.11. The van der Waals surface area contributed by atoms with Crippen molar-refractivity contribution in [3.8, 4) is 5.75 Å². The summed E-state index contributed by atoms with van der Waals surface area (Å²) >= 11 is 0. The van der Waals surface area contributed by atoms with Crippen LogP contribution in [0.3, 0.4) is 0 Å². The lowest BCUT2D eigenvalue weighted by Crippen LogP contribution is -2.34. The van der Waals surface area contributed by atoms with Gasteiger partial charge in [-0.15, -0.1) is 0 Å². The number of nitrogens with one attached hydrogen (secondary N) is 2. The van der Waals surface area contributed by atoms with E-state index < -0.39 is 0 Å². The van der Waals surface area contributed by atoms with E-state index >= 15 is 0 Å². The molecule has 0 bridgehead atoms. The Bertz CT molecular complexity index is 371. The van der Waals surface area contributed by atoms with Crippen molar-refractivity contribution in [1.82, 2.24) is 5.32 Å². The van der Waals surface area contributed by atoms with E-state index in [1.54, 1.807) is 0 Å². The summed E-state index contributed by atoms with van der Waals surface area (Å²) < 4.78 is 5.67. The van der Waals surface area contributed by atoms with Crippen LogP contribution in [0, 0.1) is 0 Å². The zero-order valence-electron chi connectivity index (χ0n) is 13.4. The molecule has 0 saturated heterocycles. The van der Waals surface area contributed by atoms with Crippen LogP contribution >= 0.6 is 0 Å². The zero-order valence-corrected chi connectivity index (χ0v) is 13.4. The Hall–Kier alpha value is -1.22. The van der Waals surface area contributed by atoms with Crippen LogP contribution in [0.1, 0.15) is 51.9 Å². The van der Waals surface area contributed by atoms with Gasteiger partial charge in [-0.3, -0.25) is 0 Å². The molecule has 3 heteroatoms. The fraction of sp³-hybridized carbons (Fsp3) is 0.667. The molecule has 1 aromatic rings. The first-order chi connectivity index (χ1) is 10.4. The number of unbranched alkanes of at least 4 members (excludes halogenated alkanes) is 1. The van der Waals surface area contributed by atoms with E-state index in [2.05, 4.69) is 29.7 Å². The molecule has 0 radical (unpaired) electrons. The van der Waals surface area contributed by atoms with Crippen molar-refractivity contribution in [3.05, 3.63) is 24.3 Å². The highest BCUT2D eigenvalue weighted by atomic mass is 16.5. The smallest absolute Gasteiger partial charge is 0.119 e. The van der Waals surface area contributed by atoms with Gasteiger partial charge in [0.05, 0.1) is 6.61 Å². The Morgan fingerprint density at radius 1 is 1.05 bits per heavy atom. The van der Waals surface area contributed by atoms with Gasteiger partial charge in [-0.05, 0) is 43.5 Å². The number of hydrogen-bond acceptors (Lipinski definition) is 3. The lowest BCUT2D eigenvalue weighted by Gasteiger charge is -2.23. The molecule has 1 fully saturated rings. The standard InChI is InChI=1S/C18H30N2O/c1-2-3-15-21-18-11-9-17(10-12-18)20-14-13-19-16-7-5-4-6-8-16/h9-12,16,19-20H,2-8,13-15H2,1H3. The number of ether oxygens (including phenoxy) is 1. The summed E-state index contributed by atoms with van der Waals surface area (Å²) in [6, 6.07) is 9.04. The first-order valence-corrected chi connectivity index (χ1v) is 8.58. The number of rotatable bonds is 9. The molecule has 0 heterocycles. The lowest BCUT2D eigenvalue weighted by molar-refractivity contribution is 0.309. The Balaban J connectivity index is 1.59. The van der Waals surface area contributed by atoms with Gasteiger partial charge in [0, 0.05) is 24.8 Å². The summed E-state index contributed by atoms with van der Waals surface area (Å²) in [5.74, 6) is 0.967. The molecule has 1 aromatic carbocycles. The molecule has 3 nitrogen and oxygen atoms in total. The van der Waals surface area contributed by atoms with Crippen LogP contribution in [0.2, 0.25) is 0 Å². The molecule has 2 rings (SSSR count). The molecular formula is C18H30N2O. The van der Waals surface area contributed by atoms with Crippen LogP contribution in [-0.4, -0.2) is 25.7 Å². The fourth-order valence-corrected chi connectivity index (χ4v) is 2.79. The molecule has 0 amide bonds. The van der Waals surface area contributed by atoms with Crippen LogP contribution in [0.5, 0.6) is 5.75 Å². The summed E-state index contributed by atoms with van der Waals surface area (Å²) in [7, 11) is 0. The van der Waals surface area contributed by atoms with Crippen molar-refractivity contribution >= 4 is 5.69 Å². The molecule has 1 aliphatic rings. The summed E-state index contributed by atoms with van der Waals surface area (Å²) in [4.78, 5) is 0. The number of anilines is 1. The SMILES string of the molecule is CCCCOc1ccc(NCCNC2CCCCC2)cc1. The Labute approximate surface area is 129 Å². The minimum absolute atomic E-state index is 0.745. The normalized spacial score (nSPS) is 15.9. The highest BCUT2D eigenvalue weighted by molar-refractivity contribution is 5.46. The van der Waals surface area contributed by atoms with Crippen molar-refractivity contribution in [3.63, 3.8) is 0 Å². The van der Waals surface area contributed by atoms with E-state index in [9.17, 15) is 0 Å². The maximum absolute atomic E-state index is 5.67. The van der Waals surface area contributed by atoms with Crippen molar-refractivity contribution in [2.45, 2.75) is 57.9 Å². The van der Waals surface area contributed by atoms with Crippen molar-refractivity contribution in [2.24, 2.45) is 0 Å². The second-order valence-electron chi connectivity index (χ2n) is 5.94. The van der Waals surface area contributed by atoms with Gasteiger partial charge in [-0.1, -0.05) is 32.6 Å². The van der Waals surface area contributed by atoms with Crippen molar-refractivity contribution in [1.29, 1.82) is 0 Å². The Morgan fingerprint density at radius 2 is 1.81 bits per heavy atom. The van der Waals surface area contributed by atoms with Gasteiger partial charge >= 0.3 is 0 Å². The molecule has 21 heavy (non-hydrogen) atoms. The minimum Gasteiger partial charge on any atom is -0.494 e. The second kappa shape index (κ2) is 9.67. The van der Waals surface area contributed by atoms with Gasteiger partial charge < -0.3 is 15.4 Å². The van der Waals surface area contributed by atoms with Crippen LogP contribution in [0.25, 0.3) is 0 Å². The minimum atomic E-state index is 0.745. The van der Waals surface area contributed by atoms with Gasteiger partial charge in [0.15, 0.2) is 0 Å². The molecule has 0 aromatic heterocycles. The second-order valence-corrected chi connectivity index (χ2v) is 5.94. The quantitative estimate of drug-likeness (QED) is 0.669. The lowest BCUT2D eigenvalue weighted by atomic mass is 9.95. The predicted octanol–water partition coefficient (Wildman–Crippen LogP) is 4.20. The molecule has 0 aliphatic heterocycles. The summed E-state index contributed by atoms with van der Waals surface area (Å²) in [6.45, 7) is 5.01. The molecule has 118 valence electrons. The monoisotopic (exact) mass is 290 g/mol. The Kier molecular flexibility index (Phi) is 7.44. The largest absolute Gasteiger partial charge is 0.494 e. The molecule has 0 spiro atoms. The average Bonchev–Trinajstić information content (AvgIpc) is 2.54. The van der Waals surface area contributed by atoms with E-state index in [1.807, 2.05) is 12.1 Å². The van der Waals surface area contributed by atoms with Gasteiger partial charge in [-0.2, -0.15) is 0 Å². The highest BCUT2D eigenvalue weighted by Crippen LogP contribution is 2.17. The first-order valence-electron chi connectivity index (χ1n) is 8.58. The third kappa shape index (κ3) is 6.38. The number of benzene rings is 1. The van der Waals surface area contributed by atoms with E-state index in [1.165, 1.54) is 44.2 Å². The van der Waals surface area contributed by atoms with Gasteiger partial charge in [-0.25, -0.2) is 0 Å². The molecule has 0 atom stereocenters. The van der Waals surface area contributed by atoms with Crippen LogP contribution < -0.4 is 15.4 Å². The first kappa shape index (κ1) is 16.2. The molecule has 2 N–H and O–H groups in total. The summed E-state index contributed by atoms with van der Waals surface area (Å²) in [5, 5.41) is 7.11. The zero-order chi connectivity index (χ0) is 14.8. The van der Waals surface area contributed by atoms with E-state index in [0.717, 1.165) is 37.9 Å². The molecule has 0 unspecified atom stereocenters. The maximum Gasteiger partial charge on any atom is 0.119 e. The van der Waals surface area contributed by atoms with E-state index in [0.29, 0.717) is 0 Å². The van der Waals surface area contributed by atoms with Crippen LogP contribution in [0.4, 0.5) is 5.69 Å². The fourth-order valence-electron chi connectivity index (χ4n) is 2.79. The van der Waals surface area contributed by atoms with E-state index in [4.69, 9.17) is 4.74 Å². The van der Waals surface area contributed by atoms with Crippen LogP contribution in [-0.2, 0) is 0 Å². The molecular weight excluding hydrogens is 260 g/mol. The van der Waals surface area contributed by atoms with E-state index in [-0.39, 0.29) is 0 Å². The van der Waals surface area contributed by atoms with Crippen molar-refractivity contribution in [2.75, 3.05) is 25.0 Å². The summed E-state index contributed by atoms with van der Waals surface area (Å²) in [6.07, 6.45) is 9.20. The molecule has 1 saturated carbocycles. The topological polar surface area (TPSA) is 33.3 Å².